The van der Waals surface area contributed by atoms with Gasteiger partial charge in [-0.2, -0.15) is 0 Å². The van der Waals surface area contributed by atoms with Crippen LogP contribution in [0.2, 0.25) is 0 Å². The van der Waals surface area contributed by atoms with Gasteiger partial charge in [-0.1, -0.05) is 60.7 Å². The first-order chi connectivity index (χ1) is 27.5. The molecule has 0 radical (unpaired) electrons. The highest BCUT2D eigenvalue weighted by atomic mass is 35.5. The number of halogens is 1. The maximum absolute atomic E-state index is 12.8. The van der Waals surface area contributed by atoms with Crippen LogP contribution in [0, 0.1) is 0 Å². The molecular weight excluding hydrogens is 736 g/mol. The summed E-state index contributed by atoms with van der Waals surface area (Å²) in [6, 6.07) is 27.2. The molecule has 0 saturated carbocycles. The summed E-state index contributed by atoms with van der Waals surface area (Å²) in [5, 5.41) is 0. The van der Waals surface area contributed by atoms with Crippen LogP contribution < -0.4 is 9.80 Å². The molecule has 10 nitrogen and oxygen atoms in total. The lowest BCUT2D eigenvalue weighted by Gasteiger charge is -2.24. The summed E-state index contributed by atoms with van der Waals surface area (Å²) in [6.07, 6.45) is 7.46. The molecule has 2 atom stereocenters. The third kappa shape index (κ3) is 7.54. The number of pyridine rings is 2. The number of rotatable bonds is 12. The Morgan fingerprint density at radius 3 is 1.42 bits per heavy atom. The number of fused-ring (bicyclic) bond motifs is 2. The second kappa shape index (κ2) is 16.3. The molecular formula is C46H45ClN6O4. The molecule has 4 heterocycles. The standard InChI is InChI=1S/C46H44N6O4.ClH/c1-3-47-43-35(19-21-51(43)41-37-23-33(37)25-49-39(41)27-55-45(53)31-11-7-5-8-12-31)29-15-17-30(18-16-29)36-20-22-52(44(36)48-4-2)42-38-24-34(38)26-50-40(42)28-56-46(54)32-13-9-6-10-14-32;/h5-18,25-26,35-36H,3-4,19-24,27-28H2,1-2H3;1H/t35-,36?;/m1./s1. The van der Waals surface area contributed by atoms with Gasteiger partial charge in [0.1, 0.15) is 36.3 Å². The van der Waals surface area contributed by atoms with Gasteiger partial charge in [0.15, 0.2) is 0 Å². The van der Waals surface area contributed by atoms with Crippen LogP contribution in [-0.2, 0) is 35.5 Å². The number of benzene rings is 3. The fourth-order valence-corrected chi connectivity index (χ4v) is 8.36. The zero-order valence-corrected chi connectivity index (χ0v) is 33.0. The lowest BCUT2D eigenvalue weighted by Crippen LogP contribution is -2.29. The number of esters is 2. The van der Waals surface area contributed by atoms with Crippen molar-refractivity contribution < 1.29 is 19.1 Å². The zero-order valence-electron chi connectivity index (χ0n) is 32.2. The fourth-order valence-electron chi connectivity index (χ4n) is 8.36. The molecule has 2 aromatic heterocycles. The first-order valence-electron chi connectivity index (χ1n) is 19.7. The third-order valence-corrected chi connectivity index (χ3v) is 11.2. The number of carbonyl (C=O) groups is 2. The van der Waals surface area contributed by atoms with Crippen molar-refractivity contribution in [1.82, 2.24) is 9.97 Å². The topological polar surface area (TPSA) is 110 Å². The number of aromatic nitrogens is 2. The lowest BCUT2D eigenvalue weighted by molar-refractivity contribution is 0.0460. The van der Waals surface area contributed by atoms with Crippen LogP contribution in [0.3, 0.4) is 0 Å². The van der Waals surface area contributed by atoms with E-state index < -0.39 is 0 Å². The Hall–Kier alpha value is -5.87. The summed E-state index contributed by atoms with van der Waals surface area (Å²) in [5.41, 5.74) is 12.2. The van der Waals surface area contributed by atoms with E-state index in [1.165, 1.54) is 33.4 Å². The molecule has 2 fully saturated rings. The van der Waals surface area contributed by atoms with E-state index in [0.29, 0.717) is 24.2 Å². The highest BCUT2D eigenvalue weighted by molar-refractivity contribution is 6.07. The molecule has 0 bridgehead atoms. The van der Waals surface area contributed by atoms with E-state index in [1.54, 1.807) is 24.3 Å². The van der Waals surface area contributed by atoms with Crippen LogP contribution in [-0.4, -0.2) is 59.8 Å². The number of carbonyl (C=O) groups excluding carboxylic acids is 2. The van der Waals surface area contributed by atoms with Gasteiger partial charge in [0.25, 0.3) is 0 Å². The normalized spacial score (nSPS) is 18.9. The van der Waals surface area contributed by atoms with Crippen LogP contribution >= 0.6 is 12.4 Å². The van der Waals surface area contributed by atoms with Gasteiger partial charge in [0.2, 0.25) is 0 Å². The molecule has 3 aromatic carbocycles. The van der Waals surface area contributed by atoms with Crippen molar-refractivity contribution in [3.63, 3.8) is 0 Å². The van der Waals surface area contributed by atoms with E-state index in [9.17, 15) is 9.59 Å². The SMILES string of the molecule is CCN=C1C(c2ccc([C@H]3CCN(c4c(COC(=O)c5ccccc5)ncc5c4C5)C3=NCC)cc2)CCN1c1c(COC(=O)c2ccccc2)ncc2c1C2.Cl. The van der Waals surface area contributed by atoms with E-state index in [1.807, 2.05) is 48.8 Å². The minimum atomic E-state index is -0.356. The molecule has 0 amide bonds. The van der Waals surface area contributed by atoms with E-state index in [-0.39, 0.29) is 49.4 Å². The number of nitrogens with zero attached hydrogens (tertiary/aromatic N) is 6. The van der Waals surface area contributed by atoms with Crippen molar-refractivity contribution in [2.75, 3.05) is 36.0 Å². The molecule has 290 valence electrons. The Labute approximate surface area is 339 Å². The van der Waals surface area contributed by atoms with E-state index in [0.717, 1.165) is 73.2 Å². The Kier molecular flexibility index (Phi) is 10.9. The van der Waals surface area contributed by atoms with E-state index >= 15 is 0 Å². The Balaban J connectivity index is 0.00000455. The first-order valence-corrected chi connectivity index (χ1v) is 19.7. The van der Waals surface area contributed by atoms with Crippen LogP contribution in [0.4, 0.5) is 11.4 Å². The zero-order chi connectivity index (χ0) is 38.2. The summed E-state index contributed by atoms with van der Waals surface area (Å²) in [7, 11) is 0. The minimum absolute atomic E-state index is 0. The molecule has 9 rings (SSSR count). The maximum atomic E-state index is 12.8. The number of aliphatic imine (C=N–C) groups is 2. The van der Waals surface area contributed by atoms with Crippen molar-refractivity contribution in [2.45, 2.75) is 64.6 Å². The highest BCUT2D eigenvalue weighted by Crippen LogP contribution is 2.45. The van der Waals surface area contributed by atoms with Gasteiger partial charge in [-0.15, -0.1) is 12.4 Å². The van der Waals surface area contributed by atoms with Crippen molar-refractivity contribution in [2.24, 2.45) is 9.98 Å². The lowest BCUT2D eigenvalue weighted by atomic mass is 9.91. The van der Waals surface area contributed by atoms with Gasteiger partial charge in [0, 0.05) is 63.3 Å². The molecule has 0 N–H and O–H groups in total. The Morgan fingerprint density at radius 1 is 0.632 bits per heavy atom. The summed E-state index contributed by atoms with van der Waals surface area (Å²) in [5.74, 6) is 1.63. The van der Waals surface area contributed by atoms with Crippen molar-refractivity contribution in [1.29, 1.82) is 0 Å². The van der Waals surface area contributed by atoms with Gasteiger partial charge in [-0.25, -0.2) is 9.59 Å². The molecule has 2 aliphatic heterocycles. The molecule has 4 aliphatic rings. The average molecular weight is 781 g/mol. The van der Waals surface area contributed by atoms with Crippen LogP contribution in [0.15, 0.2) is 107 Å². The van der Waals surface area contributed by atoms with Crippen LogP contribution in [0.25, 0.3) is 0 Å². The van der Waals surface area contributed by atoms with Gasteiger partial charge in [-0.3, -0.25) is 20.0 Å². The number of anilines is 2. The van der Waals surface area contributed by atoms with Crippen molar-refractivity contribution >= 4 is 47.4 Å². The second-order valence-corrected chi connectivity index (χ2v) is 14.7. The monoisotopic (exact) mass is 780 g/mol. The Bertz CT molecular complexity index is 2200. The minimum Gasteiger partial charge on any atom is -0.455 e. The van der Waals surface area contributed by atoms with Crippen molar-refractivity contribution in [3.05, 3.63) is 153 Å². The predicted octanol–water partition coefficient (Wildman–Crippen LogP) is 8.25. The number of ether oxygens (including phenoxy) is 2. The average Bonchev–Trinajstić information content (AvgIpc) is 4.13. The van der Waals surface area contributed by atoms with Crippen molar-refractivity contribution in [3.8, 4) is 0 Å². The summed E-state index contributed by atoms with van der Waals surface area (Å²) < 4.78 is 11.5. The molecule has 1 unspecified atom stereocenters. The van der Waals surface area contributed by atoms with E-state index in [2.05, 4.69) is 47.9 Å². The summed E-state index contributed by atoms with van der Waals surface area (Å²) in [4.78, 5) is 50.0. The smallest absolute Gasteiger partial charge is 0.338 e. The molecule has 57 heavy (non-hydrogen) atoms. The molecule has 2 saturated heterocycles. The van der Waals surface area contributed by atoms with Gasteiger partial charge in [-0.05, 0) is 84.3 Å². The van der Waals surface area contributed by atoms with Crippen LogP contribution in [0.5, 0.6) is 0 Å². The van der Waals surface area contributed by atoms with E-state index in [4.69, 9.17) is 29.4 Å². The molecule has 0 spiro atoms. The molecule has 11 heteroatoms. The molecule has 2 aliphatic carbocycles. The first kappa shape index (κ1) is 38.0. The summed E-state index contributed by atoms with van der Waals surface area (Å²) >= 11 is 0. The second-order valence-electron chi connectivity index (χ2n) is 14.7. The van der Waals surface area contributed by atoms with Gasteiger partial charge in [0.05, 0.1) is 22.5 Å². The highest BCUT2D eigenvalue weighted by Gasteiger charge is 2.40. The van der Waals surface area contributed by atoms with Crippen LogP contribution in [0.1, 0.15) is 104 Å². The number of hydrogen-bond acceptors (Lipinski definition) is 8. The number of hydrogen-bond donors (Lipinski definition) is 0. The fraction of sp³-hybridized carbons (Fsp3) is 0.304. The third-order valence-electron chi connectivity index (χ3n) is 11.2. The maximum Gasteiger partial charge on any atom is 0.338 e. The van der Waals surface area contributed by atoms with Gasteiger partial charge < -0.3 is 19.3 Å². The molecule has 5 aromatic rings. The summed E-state index contributed by atoms with van der Waals surface area (Å²) in [6.45, 7) is 7.33. The van der Waals surface area contributed by atoms with Gasteiger partial charge >= 0.3 is 11.9 Å². The quantitative estimate of drug-likeness (QED) is 0.114. The Morgan fingerprint density at radius 2 is 1.04 bits per heavy atom. The number of amidine groups is 2. The largest absolute Gasteiger partial charge is 0.455 e. The predicted molar refractivity (Wildman–Crippen MR) is 224 cm³/mol.